The molecule has 1 aromatic carbocycles. The van der Waals surface area contributed by atoms with Crippen molar-refractivity contribution >= 4 is 5.97 Å². The first-order chi connectivity index (χ1) is 7.26. The summed E-state index contributed by atoms with van der Waals surface area (Å²) in [6, 6.07) is 9.54. The van der Waals surface area contributed by atoms with Crippen molar-refractivity contribution in [2.24, 2.45) is 0 Å². The van der Waals surface area contributed by atoms with E-state index in [0.717, 1.165) is 12.0 Å². The molecule has 2 nitrogen and oxygen atoms in total. The van der Waals surface area contributed by atoms with Gasteiger partial charge in [0, 0.05) is 0 Å². The maximum atomic E-state index is 11.4. The van der Waals surface area contributed by atoms with E-state index < -0.39 is 11.4 Å². The summed E-state index contributed by atoms with van der Waals surface area (Å²) in [4.78, 5) is 11.4. The van der Waals surface area contributed by atoms with E-state index >= 15 is 0 Å². The minimum absolute atomic E-state index is 0.604. The highest BCUT2D eigenvalue weighted by molar-refractivity contribution is 5.82. The van der Waals surface area contributed by atoms with Gasteiger partial charge in [-0.3, -0.25) is 4.79 Å². The lowest BCUT2D eigenvalue weighted by atomic mass is 9.72. The molecule has 78 valence electrons. The zero-order valence-electron chi connectivity index (χ0n) is 8.52. The molecule has 1 atom stereocenters. The summed E-state index contributed by atoms with van der Waals surface area (Å²) in [6.45, 7) is 0. The monoisotopic (exact) mass is 202 g/mol. The molecule has 0 aliphatic heterocycles. The average molecular weight is 202 g/mol. The third-order valence-electron chi connectivity index (χ3n) is 3.11. The highest BCUT2D eigenvalue weighted by atomic mass is 16.4. The van der Waals surface area contributed by atoms with Gasteiger partial charge in [0.2, 0.25) is 0 Å². The lowest BCUT2D eigenvalue weighted by Gasteiger charge is -2.30. The average Bonchev–Trinajstić information content (AvgIpc) is 2.31. The number of carbonyl (C=O) groups is 1. The first-order valence-corrected chi connectivity index (χ1v) is 5.20. The molecular weight excluding hydrogens is 188 g/mol. The van der Waals surface area contributed by atoms with Crippen LogP contribution in [-0.2, 0) is 10.2 Å². The van der Waals surface area contributed by atoms with Gasteiger partial charge in [-0.1, -0.05) is 42.5 Å². The minimum Gasteiger partial charge on any atom is -0.481 e. The molecule has 0 saturated carbocycles. The van der Waals surface area contributed by atoms with Crippen LogP contribution >= 0.6 is 0 Å². The Kier molecular flexibility index (Phi) is 2.58. The quantitative estimate of drug-likeness (QED) is 0.749. The zero-order valence-corrected chi connectivity index (χ0v) is 8.52. The molecule has 1 aliphatic carbocycles. The Morgan fingerprint density at radius 3 is 2.47 bits per heavy atom. The van der Waals surface area contributed by atoms with E-state index in [9.17, 15) is 9.90 Å². The van der Waals surface area contributed by atoms with Crippen molar-refractivity contribution in [3.05, 3.63) is 48.0 Å². The van der Waals surface area contributed by atoms with E-state index in [4.69, 9.17) is 0 Å². The number of allylic oxidation sites excluding steroid dienone is 2. The van der Waals surface area contributed by atoms with E-state index in [1.807, 2.05) is 36.4 Å². The second-order valence-corrected chi connectivity index (χ2v) is 3.97. The number of rotatable bonds is 2. The van der Waals surface area contributed by atoms with Crippen molar-refractivity contribution in [2.75, 3.05) is 0 Å². The van der Waals surface area contributed by atoms with E-state index in [2.05, 4.69) is 6.08 Å². The molecule has 0 radical (unpaired) electrons. The Balaban J connectivity index is 2.44. The van der Waals surface area contributed by atoms with Crippen LogP contribution in [0.3, 0.4) is 0 Å². The number of hydrogen-bond acceptors (Lipinski definition) is 1. The van der Waals surface area contributed by atoms with E-state index in [0.29, 0.717) is 12.8 Å². The summed E-state index contributed by atoms with van der Waals surface area (Å²) in [5, 5.41) is 9.41. The summed E-state index contributed by atoms with van der Waals surface area (Å²) in [6.07, 6.45) is 6.19. The molecule has 15 heavy (non-hydrogen) atoms. The largest absolute Gasteiger partial charge is 0.481 e. The fraction of sp³-hybridized carbons (Fsp3) is 0.308. The number of benzene rings is 1. The molecule has 1 aliphatic rings. The number of aliphatic carboxylic acids is 1. The Bertz CT molecular complexity index is 381. The molecule has 0 bridgehead atoms. The summed E-state index contributed by atoms with van der Waals surface area (Å²) in [5.74, 6) is -0.710. The molecule has 1 N–H and O–H groups in total. The molecule has 2 heteroatoms. The van der Waals surface area contributed by atoms with Gasteiger partial charge in [-0.05, 0) is 24.8 Å². The van der Waals surface area contributed by atoms with Crippen LogP contribution in [0, 0.1) is 0 Å². The van der Waals surface area contributed by atoms with Crippen molar-refractivity contribution in [2.45, 2.75) is 24.7 Å². The summed E-state index contributed by atoms with van der Waals surface area (Å²) in [5.41, 5.74) is 0.220. The lowest BCUT2D eigenvalue weighted by molar-refractivity contribution is -0.144. The van der Waals surface area contributed by atoms with Crippen LogP contribution in [-0.4, -0.2) is 11.1 Å². The van der Waals surface area contributed by atoms with Crippen LogP contribution in [0.5, 0.6) is 0 Å². The molecule has 1 unspecified atom stereocenters. The number of carboxylic acids is 1. The highest BCUT2D eigenvalue weighted by Crippen LogP contribution is 2.36. The van der Waals surface area contributed by atoms with Crippen LogP contribution in [0.1, 0.15) is 24.8 Å². The molecule has 0 heterocycles. The Morgan fingerprint density at radius 1 is 1.20 bits per heavy atom. The maximum absolute atomic E-state index is 11.4. The van der Waals surface area contributed by atoms with Gasteiger partial charge in [0.25, 0.3) is 0 Å². The van der Waals surface area contributed by atoms with Gasteiger partial charge in [0.1, 0.15) is 0 Å². The Hall–Kier alpha value is -1.57. The third kappa shape index (κ3) is 1.67. The zero-order chi connectivity index (χ0) is 10.7. The third-order valence-corrected chi connectivity index (χ3v) is 3.11. The summed E-state index contributed by atoms with van der Waals surface area (Å²) < 4.78 is 0. The normalized spacial score (nSPS) is 25.1. The first-order valence-electron chi connectivity index (χ1n) is 5.20. The molecule has 0 saturated heterocycles. The predicted molar refractivity (Wildman–Crippen MR) is 58.7 cm³/mol. The highest BCUT2D eigenvalue weighted by Gasteiger charge is 2.39. The molecular formula is C13H14O2. The number of carboxylic acid groups (broad SMARTS) is 1. The van der Waals surface area contributed by atoms with E-state index in [-0.39, 0.29) is 0 Å². The van der Waals surface area contributed by atoms with Gasteiger partial charge < -0.3 is 5.11 Å². The van der Waals surface area contributed by atoms with Crippen LogP contribution in [0.2, 0.25) is 0 Å². The smallest absolute Gasteiger partial charge is 0.314 e. The van der Waals surface area contributed by atoms with Crippen LogP contribution in [0.25, 0.3) is 0 Å². The molecule has 2 rings (SSSR count). The summed E-state index contributed by atoms with van der Waals surface area (Å²) in [7, 11) is 0. The van der Waals surface area contributed by atoms with Crippen LogP contribution in [0.4, 0.5) is 0 Å². The minimum atomic E-state index is -0.710. The fourth-order valence-electron chi connectivity index (χ4n) is 2.17. The molecule has 0 aromatic heterocycles. The molecule has 0 spiro atoms. The fourth-order valence-corrected chi connectivity index (χ4v) is 2.17. The van der Waals surface area contributed by atoms with Crippen molar-refractivity contribution in [3.63, 3.8) is 0 Å². The van der Waals surface area contributed by atoms with Gasteiger partial charge in [-0.25, -0.2) is 0 Å². The Morgan fingerprint density at radius 2 is 1.93 bits per heavy atom. The second-order valence-electron chi connectivity index (χ2n) is 3.97. The van der Waals surface area contributed by atoms with Gasteiger partial charge >= 0.3 is 5.97 Å². The SMILES string of the molecule is O=C(O)C1(c2ccccc2)CC=CCC1. The van der Waals surface area contributed by atoms with Crippen LogP contribution < -0.4 is 0 Å². The predicted octanol–water partition coefficient (Wildman–Crippen LogP) is 2.75. The van der Waals surface area contributed by atoms with Crippen LogP contribution in [0.15, 0.2) is 42.5 Å². The van der Waals surface area contributed by atoms with Gasteiger partial charge in [-0.15, -0.1) is 0 Å². The van der Waals surface area contributed by atoms with E-state index in [1.165, 1.54) is 0 Å². The van der Waals surface area contributed by atoms with Crippen molar-refractivity contribution in [3.8, 4) is 0 Å². The molecule has 0 amide bonds. The number of hydrogen-bond donors (Lipinski definition) is 1. The van der Waals surface area contributed by atoms with Crippen molar-refractivity contribution in [1.29, 1.82) is 0 Å². The van der Waals surface area contributed by atoms with Gasteiger partial charge in [-0.2, -0.15) is 0 Å². The summed E-state index contributed by atoms with van der Waals surface area (Å²) >= 11 is 0. The molecule has 1 aromatic rings. The first kappa shape index (κ1) is 9.97. The van der Waals surface area contributed by atoms with Gasteiger partial charge in [0.15, 0.2) is 0 Å². The van der Waals surface area contributed by atoms with Gasteiger partial charge in [0.05, 0.1) is 5.41 Å². The Labute approximate surface area is 89.2 Å². The molecule has 0 fully saturated rings. The lowest BCUT2D eigenvalue weighted by Crippen LogP contribution is -2.36. The van der Waals surface area contributed by atoms with Crippen molar-refractivity contribution in [1.82, 2.24) is 0 Å². The van der Waals surface area contributed by atoms with Crippen molar-refractivity contribution < 1.29 is 9.90 Å². The standard InChI is InChI=1S/C13H14O2/c14-12(15)13(9-5-2-6-10-13)11-7-3-1-4-8-11/h1-5,7-8H,6,9-10H2,(H,14,15). The van der Waals surface area contributed by atoms with E-state index in [1.54, 1.807) is 0 Å². The topological polar surface area (TPSA) is 37.3 Å². The second kappa shape index (κ2) is 3.89. The maximum Gasteiger partial charge on any atom is 0.314 e.